The highest BCUT2D eigenvalue weighted by atomic mass is 35.5. The van der Waals surface area contributed by atoms with Crippen molar-refractivity contribution in [3.8, 4) is 0 Å². The van der Waals surface area contributed by atoms with Crippen LogP contribution < -0.4 is 5.32 Å². The Labute approximate surface area is 167 Å². The van der Waals surface area contributed by atoms with E-state index in [9.17, 15) is 18.0 Å². The monoisotopic (exact) mass is 410 g/mol. The van der Waals surface area contributed by atoms with E-state index in [1.54, 1.807) is 12.1 Å². The summed E-state index contributed by atoms with van der Waals surface area (Å²) in [6.45, 7) is 2.99. The van der Waals surface area contributed by atoms with Crippen molar-refractivity contribution in [2.75, 3.05) is 18.4 Å². The molecule has 1 fully saturated rings. The third-order valence-electron chi connectivity index (χ3n) is 4.86. The van der Waals surface area contributed by atoms with Gasteiger partial charge in [-0.05, 0) is 61.8 Å². The molecule has 1 aliphatic rings. The Kier molecular flexibility index (Phi) is 6.62. The predicted molar refractivity (Wildman–Crippen MR) is 105 cm³/mol. The molecule has 1 N–H and O–H groups in total. The molecule has 3 rings (SSSR count). The van der Waals surface area contributed by atoms with Gasteiger partial charge in [-0.15, -0.1) is 0 Å². The number of carbonyl (C=O) groups excluding carboxylic acids is 1. The number of anilines is 1. The number of nitrogens with zero attached hydrogens (tertiary/aromatic N) is 1. The average Bonchev–Trinajstić information content (AvgIpc) is 2.92. The molecule has 150 valence electrons. The van der Waals surface area contributed by atoms with E-state index >= 15 is 0 Å². The van der Waals surface area contributed by atoms with E-state index in [0.717, 1.165) is 43.4 Å². The third-order valence-corrected chi connectivity index (χ3v) is 5.19. The summed E-state index contributed by atoms with van der Waals surface area (Å²) >= 11 is 5.94. The zero-order chi connectivity index (χ0) is 20.1. The van der Waals surface area contributed by atoms with Crippen LogP contribution in [0.2, 0.25) is 5.02 Å². The summed E-state index contributed by atoms with van der Waals surface area (Å²) < 4.78 is 38.6. The van der Waals surface area contributed by atoms with E-state index in [-0.39, 0.29) is 10.7 Å². The number of hydrogen-bond donors (Lipinski definition) is 1. The summed E-state index contributed by atoms with van der Waals surface area (Å²) in [6, 6.07) is 9.99. The number of rotatable bonds is 4. The molecular formula is C21H22ClF3N2O. The summed E-state index contributed by atoms with van der Waals surface area (Å²) in [7, 11) is 0. The van der Waals surface area contributed by atoms with Crippen LogP contribution in [0.3, 0.4) is 0 Å². The minimum absolute atomic E-state index is 0.0548. The van der Waals surface area contributed by atoms with Gasteiger partial charge in [0.1, 0.15) is 0 Å². The molecule has 0 spiro atoms. The fraction of sp³-hybridized carbons (Fsp3) is 0.381. The van der Waals surface area contributed by atoms with E-state index in [0.29, 0.717) is 5.56 Å². The van der Waals surface area contributed by atoms with Crippen LogP contribution in [0.4, 0.5) is 18.9 Å². The molecule has 2 aromatic rings. The Morgan fingerprint density at radius 1 is 1.00 bits per heavy atom. The molecule has 3 nitrogen and oxygen atoms in total. The molecule has 0 atom stereocenters. The topological polar surface area (TPSA) is 32.3 Å². The highest BCUT2D eigenvalue weighted by Gasteiger charge is 2.31. The molecule has 0 bridgehead atoms. The van der Waals surface area contributed by atoms with E-state index < -0.39 is 17.6 Å². The third kappa shape index (κ3) is 5.49. The number of nitrogens with one attached hydrogen (secondary N) is 1. The molecule has 1 heterocycles. The standard InChI is InChI=1S/C21H22ClF3N2O/c22-18-10-9-17(21(23,24)25)13-19(18)26-20(28)16-7-5-15(6-8-16)14-27-11-3-1-2-4-12-27/h5-10,13H,1-4,11-12,14H2,(H,26,28). The molecule has 0 unspecified atom stereocenters. The summed E-state index contributed by atoms with van der Waals surface area (Å²) in [5.41, 5.74) is 0.554. The molecule has 1 amide bonds. The Balaban J connectivity index is 1.66. The van der Waals surface area contributed by atoms with E-state index in [1.807, 2.05) is 12.1 Å². The number of amides is 1. The summed E-state index contributed by atoms with van der Waals surface area (Å²) in [5, 5.41) is 2.52. The van der Waals surface area contributed by atoms with Gasteiger partial charge in [0.25, 0.3) is 5.91 Å². The van der Waals surface area contributed by atoms with Crippen LogP contribution >= 0.6 is 11.6 Å². The van der Waals surface area contributed by atoms with Crippen LogP contribution in [0.25, 0.3) is 0 Å². The van der Waals surface area contributed by atoms with Crippen molar-refractivity contribution < 1.29 is 18.0 Å². The average molecular weight is 411 g/mol. The maximum atomic E-state index is 12.9. The largest absolute Gasteiger partial charge is 0.416 e. The Morgan fingerprint density at radius 3 is 2.25 bits per heavy atom. The normalized spacial score (nSPS) is 15.9. The number of carbonyl (C=O) groups is 1. The minimum atomic E-state index is -4.50. The Hall–Kier alpha value is -2.05. The summed E-state index contributed by atoms with van der Waals surface area (Å²) in [5.74, 6) is -0.498. The molecule has 1 saturated heterocycles. The number of alkyl halides is 3. The molecule has 1 aliphatic heterocycles. The van der Waals surface area contributed by atoms with Crippen molar-refractivity contribution in [3.63, 3.8) is 0 Å². The van der Waals surface area contributed by atoms with Crippen molar-refractivity contribution >= 4 is 23.2 Å². The molecule has 0 radical (unpaired) electrons. The first-order chi connectivity index (χ1) is 13.3. The van der Waals surface area contributed by atoms with Crippen molar-refractivity contribution in [1.82, 2.24) is 4.90 Å². The predicted octanol–water partition coefficient (Wildman–Crippen LogP) is 5.99. The number of benzene rings is 2. The van der Waals surface area contributed by atoms with Crippen LogP contribution in [-0.4, -0.2) is 23.9 Å². The number of halogens is 4. The summed E-state index contributed by atoms with van der Waals surface area (Å²) in [4.78, 5) is 14.8. The minimum Gasteiger partial charge on any atom is -0.321 e. The lowest BCUT2D eigenvalue weighted by Gasteiger charge is -2.19. The SMILES string of the molecule is O=C(Nc1cc(C(F)(F)F)ccc1Cl)c1ccc(CN2CCCCCC2)cc1. The van der Waals surface area contributed by atoms with Gasteiger partial charge < -0.3 is 5.32 Å². The van der Waals surface area contributed by atoms with Crippen molar-refractivity contribution in [1.29, 1.82) is 0 Å². The van der Waals surface area contributed by atoms with Crippen LogP contribution in [0.1, 0.15) is 47.2 Å². The number of likely N-dealkylation sites (tertiary alicyclic amines) is 1. The smallest absolute Gasteiger partial charge is 0.321 e. The molecule has 28 heavy (non-hydrogen) atoms. The van der Waals surface area contributed by atoms with Crippen LogP contribution in [0.15, 0.2) is 42.5 Å². The van der Waals surface area contributed by atoms with E-state index in [1.165, 1.54) is 25.7 Å². The molecule has 2 aromatic carbocycles. The molecule has 0 saturated carbocycles. The second-order valence-corrected chi connectivity index (χ2v) is 7.44. The van der Waals surface area contributed by atoms with Crippen molar-refractivity contribution in [2.45, 2.75) is 38.4 Å². The second kappa shape index (κ2) is 8.97. The maximum absolute atomic E-state index is 12.9. The molecule has 0 aromatic heterocycles. The van der Waals surface area contributed by atoms with E-state index in [4.69, 9.17) is 11.6 Å². The van der Waals surface area contributed by atoms with Gasteiger partial charge in [0.15, 0.2) is 0 Å². The lowest BCUT2D eigenvalue weighted by atomic mass is 10.1. The quantitative estimate of drug-likeness (QED) is 0.671. The Bertz CT molecular complexity index is 813. The summed E-state index contributed by atoms with van der Waals surface area (Å²) in [6.07, 6.45) is 0.455. The van der Waals surface area contributed by atoms with Gasteiger partial charge in [-0.2, -0.15) is 13.2 Å². The first-order valence-corrected chi connectivity index (χ1v) is 9.70. The maximum Gasteiger partial charge on any atom is 0.416 e. The lowest BCUT2D eigenvalue weighted by Crippen LogP contribution is -2.24. The van der Waals surface area contributed by atoms with Crippen molar-refractivity contribution in [2.24, 2.45) is 0 Å². The zero-order valence-corrected chi connectivity index (χ0v) is 16.1. The van der Waals surface area contributed by atoms with Crippen LogP contribution in [0, 0.1) is 0 Å². The number of hydrogen-bond acceptors (Lipinski definition) is 2. The lowest BCUT2D eigenvalue weighted by molar-refractivity contribution is -0.137. The van der Waals surface area contributed by atoms with Crippen LogP contribution in [-0.2, 0) is 12.7 Å². The van der Waals surface area contributed by atoms with E-state index in [2.05, 4.69) is 10.2 Å². The molecular weight excluding hydrogens is 389 g/mol. The molecule has 7 heteroatoms. The zero-order valence-electron chi connectivity index (χ0n) is 15.4. The van der Waals surface area contributed by atoms with Gasteiger partial charge in [-0.3, -0.25) is 9.69 Å². The highest BCUT2D eigenvalue weighted by Crippen LogP contribution is 2.34. The Morgan fingerprint density at radius 2 is 1.64 bits per heavy atom. The van der Waals surface area contributed by atoms with Gasteiger partial charge in [0, 0.05) is 12.1 Å². The fourth-order valence-electron chi connectivity index (χ4n) is 3.31. The fourth-order valence-corrected chi connectivity index (χ4v) is 3.47. The first kappa shape index (κ1) is 20.7. The van der Waals surface area contributed by atoms with Gasteiger partial charge in [0.05, 0.1) is 16.3 Å². The van der Waals surface area contributed by atoms with Crippen LogP contribution in [0.5, 0.6) is 0 Å². The molecule has 0 aliphatic carbocycles. The highest BCUT2D eigenvalue weighted by molar-refractivity contribution is 6.34. The second-order valence-electron chi connectivity index (χ2n) is 7.03. The van der Waals surface area contributed by atoms with Gasteiger partial charge in [-0.25, -0.2) is 0 Å². The first-order valence-electron chi connectivity index (χ1n) is 9.32. The van der Waals surface area contributed by atoms with Gasteiger partial charge >= 0.3 is 6.18 Å². The van der Waals surface area contributed by atoms with Gasteiger partial charge in [-0.1, -0.05) is 36.6 Å². The van der Waals surface area contributed by atoms with Gasteiger partial charge in [0.2, 0.25) is 0 Å². The van der Waals surface area contributed by atoms with Crippen molar-refractivity contribution in [3.05, 3.63) is 64.2 Å².